The van der Waals surface area contributed by atoms with Crippen LogP contribution in [0, 0.1) is 3.57 Å². The van der Waals surface area contributed by atoms with Gasteiger partial charge in [-0.25, -0.2) is 0 Å². The largest absolute Gasteiger partial charge is 0.493 e. The van der Waals surface area contributed by atoms with Crippen LogP contribution in [0.15, 0.2) is 48.5 Å². The number of halogens is 1. The van der Waals surface area contributed by atoms with Crippen LogP contribution >= 0.6 is 30.1 Å². The number of ether oxygens (including phenoxy) is 1. The van der Waals surface area contributed by atoms with Gasteiger partial charge < -0.3 is 14.3 Å². The van der Waals surface area contributed by atoms with Crippen molar-refractivity contribution in [3.05, 3.63) is 52.1 Å². The molecule has 0 aliphatic carbocycles. The molecule has 0 spiro atoms. The molecule has 2 rings (SSSR count). The summed E-state index contributed by atoms with van der Waals surface area (Å²) in [6.45, 7) is 1.54. The van der Waals surface area contributed by atoms with E-state index in [4.69, 9.17) is 9.26 Å². The monoisotopic (exact) mass is 403 g/mol. The molecule has 4 nitrogen and oxygen atoms in total. The van der Waals surface area contributed by atoms with E-state index in [1.54, 1.807) is 19.2 Å². The number of hydrogen-bond donors (Lipinski definition) is 1. The highest BCUT2D eigenvalue weighted by Gasteiger charge is 2.19. The second-order valence-electron chi connectivity index (χ2n) is 4.21. The van der Waals surface area contributed by atoms with Gasteiger partial charge in [0.15, 0.2) is 11.5 Å². The molecule has 0 aromatic heterocycles. The zero-order chi connectivity index (χ0) is 14.6. The van der Waals surface area contributed by atoms with Gasteiger partial charge in [-0.05, 0) is 59.0 Å². The number of para-hydroxylation sites is 2. The summed E-state index contributed by atoms with van der Waals surface area (Å²) in [4.78, 5) is 0. The van der Waals surface area contributed by atoms with Gasteiger partial charge in [0.1, 0.15) is 0 Å². The van der Waals surface area contributed by atoms with E-state index >= 15 is 0 Å². The highest BCUT2D eigenvalue weighted by Crippen LogP contribution is 2.45. The standard InChI is InChI=1S/C14H15INO3P/c1-18-13-5-3-4-6-14(13)19-20(2,17)16-12-9-7-11(15)8-10-12/h3-10H,1-2H3,(H,16,17)/t20-/m0/s1. The number of hydrogen-bond acceptors (Lipinski definition) is 3. The van der Waals surface area contributed by atoms with Crippen molar-refractivity contribution in [3.8, 4) is 11.5 Å². The van der Waals surface area contributed by atoms with Crippen LogP contribution in [0.25, 0.3) is 0 Å². The molecular formula is C14H15INO3P. The van der Waals surface area contributed by atoms with E-state index < -0.39 is 7.52 Å². The van der Waals surface area contributed by atoms with Crippen molar-refractivity contribution >= 4 is 35.8 Å². The Morgan fingerprint density at radius 3 is 2.25 bits per heavy atom. The second-order valence-corrected chi connectivity index (χ2v) is 7.55. The van der Waals surface area contributed by atoms with Gasteiger partial charge in [-0.3, -0.25) is 4.57 Å². The molecule has 0 saturated carbocycles. The molecule has 0 amide bonds. The Kier molecular flexibility index (Phi) is 4.94. The first-order valence-electron chi connectivity index (χ1n) is 5.94. The predicted octanol–water partition coefficient (Wildman–Crippen LogP) is 4.61. The van der Waals surface area contributed by atoms with Gasteiger partial charge in [0.05, 0.1) is 7.11 Å². The summed E-state index contributed by atoms with van der Waals surface area (Å²) >= 11 is 2.22. The minimum absolute atomic E-state index is 0.457. The predicted molar refractivity (Wildman–Crippen MR) is 89.9 cm³/mol. The van der Waals surface area contributed by atoms with Crippen molar-refractivity contribution < 1.29 is 13.8 Å². The fourth-order valence-corrected chi connectivity index (χ4v) is 3.21. The van der Waals surface area contributed by atoms with Crippen LogP contribution in [0.2, 0.25) is 0 Å². The van der Waals surface area contributed by atoms with E-state index in [1.807, 2.05) is 36.4 Å². The lowest BCUT2D eigenvalue weighted by molar-refractivity contribution is 0.391. The van der Waals surface area contributed by atoms with E-state index in [0.717, 1.165) is 9.26 Å². The van der Waals surface area contributed by atoms with Crippen LogP contribution in [0.5, 0.6) is 11.5 Å². The first kappa shape index (κ1) is 15.2. The maximum absolute atomic E-state index is 12.5. The van der Waals surface area contributed by atoms with E-state index in [-0.39, 0.29) is 0 Å². The summed E-state index contributed by atoms with van der Waals surface area (Å²) in [5.41, 5.74) is 0.756. The molecule has 1 N–H and O–H groups in total. The molecule has 6 heteroatoms. The van der Waals surface area contributed by atoms with Crippen LogP contribution in [-0.2, 0) is 4.57 Å². The Balaban J connectivity index is 2.14. The van der Waals surface area contributed by atoms with Gasteiger partial charge in [-0.2, -0.15) is 0 Å². The SMILES string of the molecule is COc1ccccc1O[P@](C)(=O)Nc1ccc(I)cc1. The number of methoxy groups -OCH3 is 1. The van der Waals surface area contributed by atoms with Crippen LogP contribution in [-0.4, -0.2) is 13.8 Å². The summed E-state index contributed by atoms with van der Waals surface area (Å²) < 4.78 is 24.4. The Bertz CT molecular complexity index is 631. The molecule has 1 atom stereocenters. The topological polar surface area (TPSA) is 47.6 Å². The molecule has 0 bridgehead atoms. The van der Waals surface area contributed by atoms with Gasteiger partial charge in [-0.1, -0.05) is 12.1 Å². The molecular weight excluding hydrogens is 388 g/mol. The Hall–Kier alpha value is -1.20. The quantitative estimate of drug-likeness (QED) is 0.585. The summed E-state index contributed by atoms with van der Waals surface area (Å²) in [6.07, 6.45) is 0. The number of rotatable bonds is 5. The smallest absolute Gasteiger partial charge is 0.338 e. The van der Waals surface area contributed by atoms with Gasteiger partial charge >= 0.3 is 7.52 Å². The van der Waals surface area contributed by atoms with E-state index in [2.05, 4.69) is 27.7 Å². The van der Waals surface area contributed by atoms with Crippen molar-refractivity contribution in [1.29, 1.82) is 0 Å². The highest BCUT2D eigenvalue weighted by molar-refractivity contribution is 14.1. The number of benzene rings is 2. The molecule has 0 heterocycles. The zero-order valence-corrected chi connectivity index (χ0v) is 14.2. The van der Waals surface area contributed by atoms with Crippen LogP contribution in [0.3, 0.4) is 0 Å². The second kappa shape index (κ2) is 6.50. The first-order valence-corrected chi connectivity index (χ1v) is 9.09. The van der Waals surface area contributed by atoms with Gasteiger partial charge in [0.2, 0.25) is 0 Å². The molecule has 106 valence electrons. The molecule has 0 unspecified atom stereocenters. The van der Waals surface area contributed by atoms with Crippen molar-refractivity contribution in [1.82, 2.24) is 0 Å². The third-order valence-electron chi connectivity index (χ3n) is 2.52. The van der Waals surface area contributed by atoms with E-state index in [9.17, 15) is 4.57 Å². The van der Waals surface area contributed by atoms with Crippen molar-refractivity contribution in [3.63, 3.8) is 0 Å². The lowest BCUT2D eigenvalue weighted by Gasteiger charge is -2.18. The first-order chi connectivity index (χ1) is 9.50. The van der Waals surface area contributed by atoms with Gasteiger partial charge in [-0.15, -0.1) is 0 Å². The van der Waals surface area contributed by atoms with Crippen LogP contribution in [0.1, 0.15) is 0 Å². The van der Waals surface area contributed by atoms with Crippen LogP contribution < -0.4 is 14.3 Å². The fraction of sp³-hybridized carbons (Fsp3) is 0.143. The third kappa shape index (κ3) is 4.15. The minimum Gasteiger partial charge on any atom is -0.493 e. The average Bonchev–Trinajstić information content (AvgIpc) is 2.41. The molecule has 0 aliphatic heterocycles. The minimum atomic E-state index is -3.02. The Morgan fingerprint density at radius 2 is 1.65 bits per heavy atom. The van der Waals surface area contributed by atoms with E-state index in [1.165, 1.54) is 6.66 Å². The van der Waals surface area contributed by atoms with Gasteiger partial charge in [0, 0.05) is 15.9 Å². The summed E-state index contributed by atoms with van der Waals surface area (Å²) in [7, 11) is -1.47. The van der Waals surface area contributed by atoms with Crippen molar-refractivity contribution in [2.45, 2.75) is 0 Å². The Labute approximate surface area is 132 Å². The lowest BCUT2D eigenvalue weighted by Crippen LogP contribution is -2.03. The summed E-state index contributed by atoms with van der Waals surface area (Å²) in [5.74, 6) is 1.01. The molecule has 2 aromatic carbocycles. The maximum Gasteiger partial charge on any atom is 0.338 e. The van der Waals surface area contributed by atoms with Crippen molar-refractivity contribution in [2.24, 2.45) is 0 Å². The maximum atomic E-state index is 12.5. The fourth-order valence-electron chi connectivity index (χ4n) is 1.66. The average molecular weight is 403 g/mol. The molecule has 0 fully saturated rings. The normalized spacial score (nSPS) is 13.3. The Morgan fingerprint density at radius 1 is 1.05 bits per heavy atom. The van der Waals surface area contributed by atoms with E-state index in [0.29, 0.717) is 11.5 Å². The van der Waals surface area contributed by atoms with Gasteiger partial charge in [0.25, 0.3) is 0 Å². The summed E-state index contributed by atoms with van der Waals surface area (Å²) in [6, 6.07) is 14.7. The number of nitrogens with one attached hydrogen (secondary N) is 1. The number of anilines is 1. The zero-order valence-electron chi connectivity index (χ0n) is 11.2. The van der Waals surface area contributed by atoms with Crippen molar-refractivity contribution in [2.75, 3.05) is 18.9 Å². The van der Waals surface area contributed by atoms with Crippen LogP contribution in [0.4, 0.5) is 5.69 Å². The summed E-state index contributed by atoms with van der Waals surface area (Å²) in [5, 5.41) is 2.92. The lowest BCUT2D eigenvalue weighted by atomic mass is 10.3. The molecule has 0 aliphatic rings. The molecule has 20 heavy (non-hydrogen) atoms. The molecule has 0 saturated heterocycles. The highest BCUT2D eigenvalue weighted by atomic mass is 127. The molecule has 2 aromatic rings. The molecule has 0 radical (unpaired) electrons. The third-order valence-corrected chi connectivity index (χ3v) is 4.45.